The molecular weight excluding hydrogens is 354 g/mol. The first-order chi connectivity index (χ1) is 13.7. The van der Waals surface area contributed by atoms with Gasteiger partial charge in [-0.1, -0.05) is 6.07 Å². The summed E-state index contributed by atoms with van der Waals surface area (Å²) in [5.74, 6) is 0.760. The molecule has 0 radical (unpaired) electrons. The van der Waals surface area contributed by atoms with Gasteiger partial charge in [0.1, 0.15) is 5.75 Å². The zero-order valence-corrected chi connectivity index (χ0v) is 15.3. The van der Waals surface area contributed by atoms with Crippen molar-refractivity contribution in [1.82, 2.24) is 20.0 Å². The molecule has 5 rings (SSSR count). The van der Waals surface area contributed by atoms with Gasteiger partial charge in [-0.15, -0.1) is 0 Å². The Bertz CT molecular complexity index is 1160. The zero-order chi connectivity index (χ0) is 19.1. The summed E-state index contributed by atoms with van der Waals surface area (Å²) in [6, 6.07) is 11.9. The summed E-state index contributed by atoms with van der Waals surface area (Å²) in [4.78, 5) is 12.4. The molecule has 1 atom stereocenters. The number of anilines is 1. The van der Waals surface area contributed by atoms with Crippen LogP contribution in [-0.2, 0) is 11.3 Å². The van der Waals surface area contributed by atoms with Crippen LogP contribution in [0, 0.1) is 0 Å². The van der Waals surface area contributed by atoms with Crippen molar-refractivity contribution >= 4 is 22.5 Å². The summed E-state index contributed by atoms with van der Waals surface area (Å²) < 4.78 is 7.41. The lowest BCUT2D eigenvalue weighted by atomic mass is 9.83. The van der Waals surface area contributed by atoms with Crippen LogP contribution in [0.4, 0.5) is 5.69 Å². The van der Waals surface area contributed by atoms with E-state index in [-0.39, 0.29) is 11.8 Å². The molecule has 4 aromatic rings. The molecule has 2 N–H and O–H groups in total. The van der Waals surface area contributed by atoms with Crippen LogP contribution >= 0.6 is 0 Å². The highest BCUT2D eigenvalue weighted by Crippen LogP contribution is 2.41. The molecule has 7 heteroatoms. The fourth-order valence-electron chi connectivity index (χ4n) is 3.99. The molecule has 2 aromatic heterocycles. The summed E-state index contributed by atoms with van der Waals surface area (Å²) in [5.41, 5.74) is 4.97. The Hall–Kier alpha value is -3.61. The van der Waals surface area contributed by atoms with Crippen molar-refractivity contribution in [2.45, 2.75) is 18.9 Å². The van der Waals surface area contributed by atoms with Gasteiger partial charge in [-0.25, -0.2) is 0 Å². The van der Waals surface area contributed by atoms with Gasteiger partial charge < -0.3 is 10.1 Å². The predicted octanol–water partition coefficient (Wildman–Crippen LogP) is 3.29. The Labute approximate surface area is 161 Å². The van der Waals surface area contributed by atoms with Crippen LogP contribution in [0.5, 0.6) is 5.75 Å². The molecule has 0 spiro atoms. The quantitative estimate of drug-likeness (QED) is 0.575. The lowest BCUT2D eigenvalue weighted by Crippen LogP contribution is -2.24. The molecule has 1 aliphatic rings. The highest BCUT2D eigenvalue weighted by Gasteiger charge is 2.29. The summed E-state index contributed by atoms with van der Waals surface area (Å²) in [6.07, 6.45) is 5.87. The van der Waals surface area contributed by atoms with Gasteiger partial charge in [0.15, 0.2) is 0 Å². The highest BCUT2D eigenvalue weighted by atomic mass is 16.5. The molecule has 0 fully saturated rings. The molecule has 1 unspecified atom stereocenters. The van der Waals surface area contributed by atoms with E-state index in [1.165, 1.54) is 0 Å². The van der Waals surface area contributed by atoms with Crippen molar-refractivity contribution in [1.29, 1.82) is 0 Å². The molecule has 2 aromatic carbocycles. The lowest BCUT2D eigenvalue weighted by Gasteiger charge is -2.27. The van der Waals surface area contributed by atoms with E-state index < -0.39 is 0 Å². The Morgan fingerprint density at radius 3 is 3.04 bits per heavy atom. The van der Waals surface area contributed by atoms with E-state index in [9.17, 15) is 4.79 Å². The largest absolute Gasteiger partial charge is 0.496 e. The number of ether oxygens (including phenoxy) is 1. The number of benzene rings is 2. The second kappa shape index (κ2) is 6.53. The number of nitrogens with one attached hydrogen (secondary N) is 2. The first kappa shape index (κ1) is 16.6. The fourth-order valence-corrected chi connectivity index (χ4v) is 3.99. The topological polar surface area (TPSA) is 84.8 Å². The summed E-state index contributed by atoms with van der Waals surface area (Å²) in [7, 11) is 1.67. The molecule has 7 nitrogen and oxygen atoms in total. The van der Waals surface area contributed by atoms with Crippen LogP contribution in [0.15, 0.2) is 55.0 Å². The van der Waals surface area contributed by atoms with Gasteiger partial charge in [-0.3, -0.25) is 14.6 Å². The average molecular weight is 373 g/mol. The van der Waals surface area contributed by atoms with Gasteiger partial charge in [-0.2, -0.15) is 10.2 Å². The van der Waals surface area contributed by atoms with Crippen molar-refractivity contribution in [2.75, 3.05) is 12.4 Å². The van der Waals surface area contributed by atoms with Gasteiger partial charge in [0, 0.05) is 46.9 Å². The molecule has 0 saturated heterocycles. The second-order valence-electron chi connectivity index (χ2n) is 6.94. The van der Waals surface area contributed by atoms with Crippen LogP contribution in [0.1, 0.15) is 29.0 Å². The minimum atomic E-state index is -0.0600. The number of amides is 1. The van der Waals surface area contributed by atoms with E-state index in [2.05, 4.69) is 26.7 Å². The van der Waals surface area contributed by atoms with E-state index in [0.717, 1.165) is 39.0 Å². The number of carbonyl (C=O) groups is 1. The second-order valence-corrected chi connectivity index (χ2v) is 6.94. The molecule has 1 amide bonds. The first-order valence-corrected chi connectivity index (χ1v) is 9.13. The third-order valence-corrected chi connectivity index (χ3v) is 5.27. The number of rotatable bonds is 4. The van der Waals surface area contributed by atoms with Crippen LogP contribution < -0.4 is 10.1 Å². The molecular formula is C21H19N5O2. The Balaban J connectivity index is 1.63. The van der Waals surface area contributed by atoms with Crippen molar-refractivity contribution in [3.63, 3.8) is 0 Å². The maximum absolute atomic E-state index is 12.4. The number of fused-ring (bicyclic) bond motifs is 3. The number of aromatic nitrogens is 4. The molecule has 0 bridgehead atoms. The molecule has 1 aliphatic heterocycles. The van der Waals surface area contributed by atoms with E-state index in [1.54, 1.807) is 19.5 Å². The fraction of sp³-hybridized carbons (Fsp3) is 0.190. The zero-order valence-electron chi connectivity index (χ0n) is 15.3. The Morgan fingerprint density at radius 1 is 1.29 bits per heavy atom. The first-order valence-electron chi connectivity index (χ1n) is 9.13. The predicted molar refractivity (Wildman–Crippen MR) is 106 cm³/mol. The number of carbonyl (C=O) groups excluding carboxylic acids is 1. The molecule has 0 aliphatic carbocycles. The van der Waals surface area contributed by atoms with Gasteiger partial charge in [-0.05, 0) is 35.9 Å². The number of hydrogen-bond acceptors (Lipinski definition) is 4. The van der Waals surface area contributed by atoms with Gasteiger partial charge >= 0.3 is 0 Å². The van der Waals surface area contributed by atoms with E-state index in [0.29, 0.717) is 13.0 Å². The van der Waals surface area contributed by atoms with E-state index in [1.807, 2.05) is 41.2 Å². The van der Waals surface area contributed by atoms with Gasteiger partial charge in [0.2, 0.25) is 5.91 Å². The van der Waals surface area contributed by atoms with Gasteiger partial charge in [0.05, 0.1) is 25.4 Å². The van der Waals surface area contributed by atoms with Crippen molar-refractivity contribution in [3.05, 3.63) is 71.7 Å². The number of nitrogens with zero attached hydrogens (tertiary/aromatic N) is 3. The van der Waals surface area contributed by atoms with Crippen LogP contribution in [0.3, 0.4) is 0 Å². The number of H-pyrrole nitrogens is 1. The van der Waals surface area contributed by atoms with E-state index >= 15 is 0 Å². The van der Waals surface area contributed by atoms with Crippen molar-refractivity contribution < 1.29 is 9.53 Å². The number of hydrogen-bond donors (Lipinski definition) is 2. The summed E-state index contributed by atoms with van der Waals surface area (Å²) in [6.45, 7) is 0.601. The lowest BCUT2D eigenvalue weighted by molar-refractivity contribution is -0.116. The van der Waals surface area contributed by atoms with Crippen LogP contribution in [-0.4, -0.2) is 33.0 Å². The van der Waals surface area contributed by atoms with Gasteiger partial charge in [0.25, 0.3) is 0 Å². The van der Waals surface area contributed by atoms with E-state index in [4.69, 9.17) is 4.74 Å². The third kappa shape index (κ3) is 2.72. The normalized spacial score (nSPS) is 16.0. The minimum Gasteiger partial charge on any atom is -0.496 e. The Kier molecular flexibility index (Phi) is 3.86. The number of aromatic amines is 1. The van der Waals surface area contributed by atoms with Crippen LogP contribution in [0.25, 0.3) is 10.9 Å². The summed E-state index contributed by atoms with van der Waals surface area (Å²) in [5, 5.41) is 15.6. The minimum absolute atomic E-state index is 0.0146. The maximum Gasteiger partial charge on any atom is 0.225 e. The Morgan fingerprint density at radius 2 is 2.21 bits per heavy atom. The molecule has 28 heavy (non-hydrogen) atoms. The summed E-state index contributed by atoms with van der Waals surface area (Å²) >= 11 is 0. The molecule has 0 saturated carbocycles. The smallest absolute Gasteiger partial charge is 0.225 e. The third-order valence-electron chi connectivity index (χ3n) is 5.27. The molecule has 3 heterocycles. The maximum atomic E-state index is 12.4. The van der Waals surface area contributed by atoms with Crippen molar-refractivity contribution in [3.8, 4) is 5.75 Å². The SMILES string of the molecule is COc1ccc(C2CC(=O)Nc3ccc4cn[nH]c4c32)cc1Cn1cccn1. The number of methoxy groups -OCH3 is 1. The molecule has 140 valence electrons. The van der Waals surface area contributed by atoms with Crippen LogP contribution in [0.2, 0.25) is 0 Å². The highest BCUT2D eigenvalue weighted by molar-refractivity contribution is 6.00. The van der Waals surface area contributed by atoms with Crippen molar-refractivity contribution in [2.24, 2.45) is 0 Å². The average Bonchev–Trinajstić information content (AvgIpc) is 3.38. The monoisotopic (exact) mass is 373 g/mol. The standard InChI is InChI=1S/C21H19N5O2/c1-28-18-6-4-13(9-15(18)12-26-8-2-7-23-26)16-10-19(27)24-17-5-3-14-11-22-25-21(14)20(16)17/h2-9,11,16H,10,12H2,1H3,(H,22,25)(H,24,27).